The fourth-order valence-electron chi connectivity index (χ4n) is 1.85. The Morgan fingerprint density at radius 2 is 1.61 bits per heavy atom. The third-order valence-corrected chi connectivity index (χ3v) is 2.93. The van der Waals surface area contributed by atoms with Crippen molar-refractivity contribution < 1.29 is 18.4 Å². The lowest BCUT2D eigenvalue weighted by Gasteiger charge is -2.07. The second-order valence-corrected chi connectivity index (χ2v) is 4.59. The molecule has 0 unspecified atom stereocenters. The highest BCUT2D eigenvalue weighted by atomic mass is 19.1. The first-order valence-corrected chi connectivity index (χ1v) is 7.30. The molecule has 0 atom stereocenters. The summed E-state index contributed by atoms with van der Waals surface area (Å²) in [5.41, 5.74) is 1.01. The molecule has 0 saturated heterocycles. The van der Waals surface area contributed by atoms with Crippen LogP contribution in [0, 0.1) is 11.6 Å². The first-order valence-electron chi connectivity index (χ1n) is 7.30. The van der Waals surface area contributed by atoms with E-state index >= 15 is 0 Å². The van der Waals surface area contributed by atoms with E-state index in [0.29, 0.717) is 11.3 Å². The number of rotatable bonds is 4. The lowest BCUT2D eigenvalue weighted by molar-refractivity contribution is -0.115. The van der Waals surface area contributed by atoms with E-state index in [1.165, 1.54) is 6.92 Å². The van der Waals surface area contributed by atoms with Crippen molar-refractivity contribution in [2.24, 2.45) is 0 Å². The third kappa shape index (κ3) is 5.62. The first-order chi connectivity index (χ1) is 11.0. The van der Waals surface area contributed by atoms with Crippen molar-refractivity contribution in [3.05, 3.63) is 65.2 Å². The van der Waals surface area contributed by atoms with Crippen LogP contribution >= 0.6 is 0 Å². The van der Waals surface area contributed by atoms with E-state index in [0.717, 1.165) is 18.2 Å². The lowest BCUT2D eigenvalue weighted by atomic mass is 10.1. The molecule has 0 aromatic heterocycles. The van der Waals surface area contributed by atoms with Crippen molar-refractivity contribution >= 4 is 17.4 Å². The van der Waals surface area contributed by atoms with Gasteiger partial charge in [0.1, 0.15) is 11.6 Å². The van der Waals surface area contributed by atoms with Crippen molar-refractivity contribution in [3.8, 4) is 0 Å². The van der Waals surface area contributed by atoms with Crippen LogP contribution < -0.4 is 5.32 Å². The van der Waals surface area contributed by atoms with Gasteiger partial charge in [-0.3, -0.25) is 9.59 Å². The largest absolute Gasteiger partial charge is 0.326 e. The molecule has 0 aliphatic rings. The Balaban J connectivity index is 0.00000127. The highest BCUT2D eigenvalue weighted by Crippen LogP contribution is 2.13. The highest BCUT2D eigenvalue weighted by Gasteiger charge is 2.10. The van der Waals surface area contributed by atoms with Crippen molar-refractivity contribution in [2.75, 3.05) is 5.32 Å². The van der Waals surface area contributed by atoms with E-state index in [4.69, 9.17) is 0 Å². The van der Waals surface area contributed by atoms with Gasteiger partial charge in [-0.15, -0.1) is 0 Å². The summed E-state index contributed by atoms with van der Waals surface area (Å²) in [6.07, 6.45) is -0.266. The number of carbonyl (C=O) groups is 2. The van der Waals surface area contributed by atoms with E-state index in [1.807, 2.05) is 13.8 Å². The molecule has 0 aliphatic heterocycles. The van der Waals surface area contributed by atoms with E-state index < -0.39 is 17.5 Å². The first kappa shape index (κ1) is 18.5. The van der Waals surface area contributed by atoms with Crippen molar-refractivity contribution in [1.82, 2.24) is 0 Å². The Labute approximate surface area is 134 Å². The molecule has 23 heavy (non-hydrogen) atoms. The van der Waals surface area contributed by atoms with Crippen LogP contribution in [0.25, 0.3) is 0 Å². The lowest BCUT2D eigenvalue weighted by Crippen LogP contribution is -2.15. The maximum Gasteiger partial charge on any atom is 0.228 e. The van der Waals surface area contributed by atoms with Crippen LogP contribution in [-0.4, -0.2) is 11.7 Å². The van der Waals surface area contributed by atoms with Crippen molar-refractivity contribution in [3.63, 3.8) is 0 Å². The number of halogens is 2. The predicted octanol–water partition coefficient (Wildman–Crippen LogP) is 4.37. The molecule has 0 fully saturated rings. The van der Waals surface area contributed by atoms with Gasteiger partial charge in [-0.05, 0) is 49.4 Å². The van der Waals surface area contributed by atoms with Gasteiger partial charge in [0, 0.05) is 16.8 Å². The molecule has 1 N–H and O–H groups in total. The third-order valence-electron chi connectivity index (χ3n) is 2.93. The van der Waals surface area contributed by atoms with E-state index in [9.17, 15) is 18.4 Å². The smallest absolute Gasteiger partial charge is 0.228 e. The van der Waals surface area contributed by atoms with Gasteiger partial charge in [0.05, 0.1) is 6.42 Å². The number of hydrogen-bond donors (Lipinski definition) is 1. The number of Topliss-reactive ketones (excluding diaryl/α,β-unsaturated/α-hetero) is 1. The minimum atomic E-state index is -0.626. The molecule has 0 saturated carbocycles. The molecule has 5 heteroatoms. The minimum Gasteiger partial charge on any atom is -0.326 e. The Kier molecular flexibility index (Phi) is 7.06. The second kappa shape index (κ2) is 8.78. The van der Waals surface area contributed by atoms with Crippen LogP contribution in [0.1, 0.15) is 36.7 Å². The average molecular weight is 319 g/mol. The van der Waals surface area contributed by atoms with Crippen LogP contribution in [0.3, 0.4) is 0 Å². The number of amides is 1. The Morgan fingerprint density at radius 3 is 2.17 bits per heavy atom. The number of ketones is 1. The maximum atomic E-state index is 13.4. The Hall–Kier alpha value is -2.56. The summed E-state index contributed by atoms with van der Waals surface area (Å²) in [7, 11) is 0. The number of hydrogen-bond acceptors (Lipinski definition) is 2. The molecule has 0 bridgehead atoms. The summed E-state index contributed by atoms with van der Waals surface area (Å²) in [6.45, 7) is 5.44. The second-order valence-electron chi connectivity index (χ2n) is 4.59. The molecule has 2 aromatic rings. The standard InChI is InChI=1S/C16H13F2NO2.C2H6/c1-10(20)11-2-5-14(6-3-11)19-16(21)9-12-8-13(17)4-7-15(12)18;1-2/h2-8H,9H2,1H3,(H,19,21);1-2H3. The topological polar surface area (TPSA) is 46.2 Å². The molecular weight excluding hydrogens is 300 g/mol. The zero-order valence-electron chi connectivity index (χ0n) is 13.3. The van der Waals surface area contributed by atoms with Crippen LogP contribution in [-0.2, 0) is 11.2 Å². The molecule has 2 rings (SSSR count). The SMILES string of the molecule is CC.CC(=O)c1ccc(NC(=O)Cc2cc(F)ccc2F)cc1. The molecule has 1 amide bonds. The summed E-state index contributed by atoms with van der Waals surface area (Å²) >= 11 is 0. The highest BCUT2D eigenvalue weighted by molar-refractivity contribution is 5.96. The Bertz CT molecular complexity index is 682. The minimum absolute atomic E-state index is 0.00661. The summed E-state index contributed by atoms with van der Waals surface area (Å²) in [6, 6.07) is 9.30. The van der Waals surface area contributed by atoms with Gasteiger partial charge in [-0.1, -0.05) is 13.8 Å². The normalized spacial score (nSPS) is 9.61. The van der Waals surface area contributed by atoms with E-state index in [2.05, 4.69) is 5.32 Å². The predicted molar refractivity (Wildman–Crippen MR) is 86.5 cm³/mol. The summed E-state index contributed by atoms with van der Waals surface area (Å²) in [5.74, 6) is -1.76. The van der Waals surface area contributed by atoms with Gasteiger partial charge >= 0.3 is 0 Å². The molecule has 0 spiro atoms. The molecule has 2 aromatic carbocycles. The summed E-state index contributed by atoms with van der Waals surface area (Å²) in [5, 5.41) is 2.56. The number of benzene rings is 2. The molecular formula is C18H19F2NO2. The monoisotopic (exact) mass is 319 g/mol. The summed E-state index contributed by atoms with van der Waals surface area (Å²) < 4.78 is 26.4. The molecule has 0 radical (unpaired) electrons. The van der Waals surface area contributed by atoms with Crippen molar-refractivity contribution in [1.29, 1.82) is 0 Å². The zero-order valence-corrected chi connectivity index (χ0v) is 13.3. The molecule has 3 nitrogen and oxygen atoms in total. The van der Waals surface area contributed by atoms with Gasteiger partial charge in [-0.25, -0.2) is 8.78 Å². The van der Waals surface area contributed by atoms with Crippen LogP contribution in [0.4, 0.5) is 14.5 Å². The maximum absolute atomic E-state index is 13.4. The van der Waals surface area contributed by atoms with E-state index in [-0.39, 0.29) is 17.8 Å². The quantitative estimate of drug-likeness (QED) is 0.850. The molecule has 122 valence electrons. The number of carbonyl (C=O) groups excluding carboxylic acids is 2. The Morgan fingerprint density at radius 1 is 1.00 bits per heavy atom. The number of nitrogens with one attached hydrogen (secondary N) is 1. The van der Waals surface area contributed by atoms with Gasteiger partial charge in [0.2, 0.25) is 5.91 Å². The number of anilines is 1. The fourth-order valence-corrected chi connectivity index (χ4v) is 1.85. The van der Waals surface area contributed by atoms with Gasteiger partial charge in [-0.2, -0.15) is 0 Å². The van der Waals surface area contributed by atoms with Crippen LogP contribution in [0.15, 0.2) is 42.5 Å². The van der Waals surface area contributed by atoms with Gasteiger partial charge in [0.25, 0.3) is 0 Å². The van der Waals surface area contributed by atoms with Crippen LogP contribution in [0.2, 0.25) is 0 Å². The molecule has 0 aliphatic carbocycles. The molecule has 0 heterocycles. The van der Waals surface area contributed by atoms with Gasteiger partial charge < -0.3 is 5.32 Å². The summed E-state index contributed by atoms with van der Waals surface area (Å²) in [4.78, 5) is 22.9. The fraction of sp³-hybridized carbons (Fsp3) is 0.222. The van der Waals surface area contributed by atoms with Crippen molar-refractivity contribution in [2.45, 2.75) is 27.2 Å². The zero-order chi connectivity index (χ0) is 17.4. The van der Waals surface area contributed by atoms with E-state index in [1.54, 1.807) is 24.3 Å². The van der Waals surface area contributed by atoms with Crippen LogP contribution in [0.5, 0.6) is 0 Å². The van der Waals surface area contributed by atoms with Gasteiger partial charge in [0.15, 0.2) is 5.78 Å². The average Bonchev–Trinajstić information content (AvgIpc) is 2.53.